The zero-order chi connectivity index (χ0) is 6.81. The number of aliphatic imine (C=N–C) groups is 1. The summed E-state index contributed by atoms with van der Waals surface area (Å²) < 4.78 is 10.3. The Hall–Kier alpha value is -1.03. The molecule has 2 rings (SSSR count). The van der Waals surface area contributed by atoms with Crippen LogP contribution in [0.2, 0.25) is 0 Å². The number of nitrogens with one attached hydrogen (secondary N) is 1. The Balaban J connectivity index is 1.93. The first-order chi connectivity index (χ1) is 4.97. The van der Waals surface area contributed by atoms with Crippen molar-refractivity contribution in [3.05, 3.63) is 12.5 Å². The molecule has 0 amide bonds. The molecule has 0 fully saturated rings. The van der Waals surface area contributed by atoms with Gasteiger partial charge in [-0.15, -0.1) is 0 Å². The summed E-state index contributed by atoms with van der Waals surface area (Å²) in [5.74, 6) is 0. The molecule has 4 heteroatoms. The molecule has 1 N–H and O–H groups in total. The molecule has 0 aromatic heterocycles. The van der Waals surface area contributed by atoms with Crippen LogP contribution in [0, 0.1) is 0 Å². The molecule has 0 saturated heterocycles. The molecule has 2 aliphatic heterocycles. The van der Waals surface area contributed by atoms with E-state index in [0.717, 1.165) is 0 Å². The molecule has 2 unspecified atom stereocenters. The maximum Gasteiger partial charge on any atom is 0.215 e. The largest absolute Gasteiger partial charge is 0.472 e. The quantitative estimate of drug-likeness (QED) is 0.550. The minimum Gasteiger partial charge on any atom is -0.472 e. The van der Waals surface area contributed by atoms with Crippen LogP contribution in [-0.2, 0) is 9.47 Å². The first-order valence-corrected chi connectivity index (χ1v) is 3.16. The Morgan fingerprint density at radius 3 is 3.20 bits per heavy atom. The van der Waals surface area contributed by atoms with Crippen LogP contribution < -0.4 is 5.32 Å². The molecule has 0 spiro atoms. The number of rotatable bonds is 1. The molecular weight excluding hydrogens is 132 g/mol. The minimum atomic E-state index is -0.171. The number of nitrogens with zero attached hydrogens (tertiary/aromatic N) is 1. The summed E-state index contributed by atoms with van der Waals surface area (Å²) in [6.07, 6.45) is 4.78. The fraction of sp³-hybridized carbons (Fsp3) is 0.500. The summed E-state index contributed by atoms with van der Waals surface area (Å²) in [5, 5.41) is 2.96. The molecule has 2 atom stereocenters. The van der Waals surface area contributed by atoms with Gasteiger partial charge in [0.25, 0.3) is 0 Å². The Labute approximate surface area is 58.5 Å². The third kappa shape index (κ3) is 0.863. The molecule has 0 aromatic carbocycles. The second kappa shape index (κ2) is 2.30. The second-order valence-corrected chi connectivity index (χ2v) is 2.08. The van der Waals surface area contributed by atoms with Crippen LogP contribution in [-0.4, -0.2) is 25.3 Å². The molecule has 0 aromatic rings. The van der Waals surface area contributed by atoms with Crippen LogP contribution in [0.4, 0.5) is 0 Å². The van der Waals surface area contributed by atoms with Gasteiger partial charge in [0, 0.05) is 12.4 Å². The van der Waals surface area contributed by atoms with Crippen molar-refractivity contribution >= 4 is 6.21 Å². The first kappa shape index (κ1) is 5.73. The predicted octanol–water partition coefficient (Wildman–Crippen LogP) is -0.169. The topological polar surface area (TPSA) is 42.9 Å². The summed E-state index contributed by atoms with van der Waals surface area (Å²) in [6.45, 7) is 0.589. The number of hydrogen-bond acceptors (Lipinski definition) is 4. The van der Waals surface area contributed by atoms with Crippen LogP contribution in [0.5, 0.6) is 0 Å². The number of ether oxygens (including phenoxy) is 2. The molecule has 0 saturated carbocycles. The van der Waals surface area contributed by atoms with E-state index in [1.165, 1.54) is 0 Å². The monoisotopic (exact) mass is 140 g/mol. The van der Waals surface area contributed by atoms with Gasteiger partial charge in [-0.2, -0.15) is 0 Å². The highest BCUT2D eigenvalue weighted by Gasteiger charge is 2.25. The molecule has 2 heterocycles. The van der Waals surface area contributed by atoms with E-state index in [-0.39, 0.29) is 12.5 Å². The normalized spacial score (nSPS) is 36.0. The highest BCUT2D eigenvalue weighted by Crippen LogP contribution is 2.10. The first-order valence-electron chi connectivity index (χ1n) is 3.16. The standard InChI is InChI=1S/C6H8N2O2/c1-3-9-5(7-1)6-8-2-4-10-6/h1-3,5-7H,4H2. The Morgan fingerprint density at radius 2 is 2.60 bits per heavy atom. The molecule has 0 bridgehead atoms. The Kier molecular flexibility index (Phi) is 1.32. The van der Waals surface area contributed by atoms with E-state index in [4.69, 9.17) is 9.47 Å². The molecule has 2 aliphatic rings. The zero-order valence-corrected chi connectivity index (χ0v) is 5.36. The summed E-state index contributed by atoms with van der Waals surface area (Å²) in [7, 11) is 0. The third-order valence-electron chi connectivity index (χ3n) is 1.41. The highest BCUT2D eigenvalue weighted by atomic mass is 16.6. The van der Waals surface area contributed by atoms with E-state index in [0.29, 0.717) is 6.61 Å². The molecule has 4 nitrogen and oxygen atoms in total. The predicted molar refractivity (Wildman–Crippen MR) is 35.4 cm³/mol. The average molecular weight is 140 g/mol. The second-order valence-electron chi connectivity index (χ2n) is 2.08. The van der Waals surface area contributed by atoms with E-state index in [2.05, 4.69) is 10.3 Å². The zero-order valence-electron chi connectivity index (χ0n) is 5.36. The van der Waals surface area contributed by atoms with Crippen molar-refractivity contribution in [1.29, 1.82) is 0 Å². The summed E-state index contributed by atoms with van der Waals surface area (Å²) in [6, 6.07) is 0. The van der Waals surface area contributed by atoms with E-state index in [1.807, 2.05) is 0 Å². The smallest absolute Gasteiger partial charge is 0.215 e. The highest BCUT2D eigenvalue weighted by molar-refractivity contribution is 5.60. The van der Waals surface area contributed by atoms with E-state index in [9.17, 15) is 0 Å². The van der Waals surface area contributed by atoms with Crippen molar-refractivity contribution in [2.24, 2.45) is 4.99 Å². The molecular formula is C6H8N2O2. The van der Waals surface area contributed by atoms with E-state index < -0.39 is 0 Å². The number of hydrogen-bond donors (Lipinski definition) is 1. The maximum atomic E-state index is 5.19. The van der Waals surface area contributed by atoms with E-state index in [1.54, 1.807) is 18.7 Å². The molecule has 0 aliphatic carbocycles. The van der Waals surface area contributed by atoms with Crippen molar-refractivity contribution < 1.29 is 9.47 Å². The fourth-order valence-electron chi connectivity index (χ4n) is 0.944. The van der Waals surface area contributed by atoms with Gasteiger partial charge >= 0.3 is 0 Å². The molecule has 54 valence electrons. The van der Waals surface area contributed by atoms with Crippen LogP contribution in [0.3, 0.4) is 0 Å². The van der Waals surface area contributed by atoms with Gasteiger partial charge in [0.05, 0.1) is 6.61 Å². The fourth-order valence-corrected chi connectivity index (χ4v) is 0.944. The van der Waals surface area contributed by atoms with Gasteiger partial charge in [-0.05, 0) is 0 Å². The summed E-state index contributed by atoms with van der Waals surface area (Å²) >= 11 is 0. The van der Waals surface area contributed by atoms with Gasteiger partial charge in [-0.3, -0.25) is 4.99 Å². The van der Waals surface area contributed by atoms with Crippen LogP contribution >= 0.6 is 0 Å². The SMILES string of the molecule is C1=COC(C2N=CCO2)N1. The van der Waals surface area contributed by atoms with Crippen molar-refractivity contribution in [3.8, 4) is 0 Å². The lowest BCUT2D eigenvalue weighted by Gasteiger charge is -2.15. The van der Waals surface area contributed by atoms with Crippen molar-refractivity contribution in [2.45, 2.75) is 12.5 Å². The van der Waals surface area contributed by atoms with Crippen molar-refractivity contribution in [2.75, 3.05) is 6.61 Å². The molecule has 10 heavy (non-hydrogen) atoms. The summed E-state index contributed by atoms with van der Waals surface area (Å²) in [5.41, 5.74) is 0. The lowest BCUT2D eigenvalue weighted by molar-refractivity contribution is -0.0108. The average Bonchev–Trinajstić information content (AvgIpc) is 2.59. The third-order valence-corrected chi connectivity index (χ3v) is 1.41. The van der Waals surface area contributed by atoms with Gasteiger partial charge in [0.1, 0.15) is 6.26 Å². The van der Waals surface area contributed by atoms with Crippen LogP contribution in [0.1, 0.15) is 0 Å². The lowest BCUT2D eigenvalue weighted by atomic mass is 10.5. The Morgan fingerprint density at radius 1 is 1.60 bits per heavy atom. The van der Waals surface area contributed by atoms with Gasteiger partial charge in [0.15, 0.2) is 0 Å². The minimum absolute atomic E-state index is 0.126. The lowest BCUT2D eigenvalue weighted by Crippen LogP contribution is -2.33. The molecule has 0 radical (unpaired) electrons. The van der Waals surface area contributed by atoms with Crippen LogP contribution in [0.25, 0.3) is 0 Å². The van der Waals surface area contributed by atoms with Crippen molar-refractivity contribution in [3.63, 3.8) is 0 Å². The van der Waals surface area contributed by atoms with Gasteiger partial charge < -0.3 is 14.8 Å². The maximum absolute atomic E-state index is 5.19. The van der Waals surface area contributed by atoms with Gasteiger partial charge in [-0.25, -0.2) is 0 Å². The summed E-state index contributed by atoms with van der Waals surface area (Å²) in [4.78, 5) is 4.04. The van der Waals surface area contributed by atoms with E-state index >= 15 is 0 Å². The van der Waals surface area contributed by atoms with Crippen molar-refractivity contribution in [1.82, 2.24) is 5.32 Å². The van der Waals surface area contributed by atoms with Crippen LogP contribution in [0.15, 0.2) is 17.5 Å². The van der Waals surface area contributed by atoms with Gasteiger partial charge in [0.2, 0.25) is 12.5 Å². The van der Waals surface area contributed by atoms with Gasteiger partial charge in [-0.1, -0.05) is 0 Å². The Bertz CT molecular complexity index is 171.